The summed E-state index contributed by atoms with van der Waals surface area (Å²) < 4.78 is 5.60. The molecular weight excluding hydrogens is 264 g/mol. The molecule has 0 amide bonds. The van der Waals surface area contributed by atoms with E-state index < -0.39 is 0 Å². The van der Waals surface area contributed by atoms with Crippen LogP contribution < -0.4 is 5.32 Å². The Morgan fingerprint density at radius 2 is 2.14 bits per heavy atom. The van der Waals surface area contributed by atoms with Gasteiger partial charge in [0.15, 0.2) is 0 Å². The van der Waals surface area contributed by atoms with Crippen LogP contribution in [-0.4, -0.2) is 54.0 Å². The van der Waals surface area contributed by atoms with Crippen molar-refractivity contribution in [1.82, 2.24) is 10.2 Å². The molecule has 0 aliphatic carbocycles. The molecule has 2 aliphatic rings. The fraction of sp³-hybridized carbons (Fsp3) is 0.647. The van der Waals surface area contributed by atoms with Crippen LogP contribution in [0.1, 0.15) is 25.3 Å². The Balaban J connectivity index is 1.55. The maximum atomic E-state index is 10.00. The SMILES string of the molecule is C[C@@H]1OCC[C@@H]1NC[C@@H]1C[C@H](O)CN1Cc1ccccc1. The van der Waals surface area contributed by atoms with Gasteiger partial charge in [0.1, 0.15) is 0 Å². The topological polar surface area (TPSA) is 44.7 Å². The molecule has 4 heteroatoms. The summed E-state index contributed by atoms with van der Waals surface area (Å²) in [6.07, 6.45) is 2.06. The lowest BCUT2D eigenvalue weighted by molar-refractivity contribution is 0.111. The van der Waals surface area contributed by atoms with E-state index in [2.05, 4.69) is 41.4 Å². The molecule has 2 N–H and O–H groups in total. The molecule has 2 aliphatic heterocycles. The largest absolute Gasteiger partial charge is 0.392 e. The second-order valence-electron chi connectivity index (χ2n) is 6.34. The number of aliphatic hydroxyl groups is 1. The molecule has 4 nitrogen and oxygen atoms in total. The summed E-state index contributed by atoms with van der Waals surface area (Å²) in [5.41, 5.74) is 1.31. The number of rotatable bonds is 5. The summed E-state index contributed by atoms with van der Waals surface area (Å²) in [6, 6.07) is 11.4. The highest BCUT2D eigenvalue weighted by Crippen LogP contribution is 2.21. The van der Waals surface area contributed by atoms with Crippen molar-refractivity contribution in [3.63, 3.8) is 0 Å². The highest BCUT2D eigenvalue weighted by Gasteiger charge is 2.32. The van der Waals surface area contributed by atoms with Gasteiger partial charge in [-0.05, 0) is 25.3 Å². The van der Waals surface area contributed by atoms with Gasteiger partial charge in [0.05, 0.1) is 12.2 Å². The Kier molecular flexibility index (Phi) is 4.91. The number of hydrogen-bond acceptors (Lipinski definition) is 4. The smallest absolute Gasteiger partial charge is 0.0700 e. The predicted octanol–water partition coefficient (Wildman–Crippen LogP) is 1.39. The fourth-order valence-corrected chi connectivity index (χ4v) is 3.47. The van der Waals surface area contributed by atoms with Crippen LogP contribution in [-0.2, 0) is 11.3 Å². The number of β-amino-alcohol motifs (C(OH)–C–C–N with tert-alkyl or cyclic N) is 1. The number of nitrogens with zero attached hydrogens (tertiary/aromatic N) is 1. The lowest BCUT2D eigenvalue weighted by Crippen LogP contribution is -2.43. The lowest BCUT2D eigenvalue weighted by Gasteiger charge is -2.26. The number of aliphatic hydroxyl groups excluding tert-OH is 1. The van der Waals surface area contributed by atoms with Crippen molar-refractivity contribution in [2.45, 2.75) is 50.6 Å². The van der Waals surface area contributed by atoms with E-state index >= 15 is 0 Å². The molecule has 0 spiro atoms. The first-order valence-corrected chi connectivity index (χ1v) is 8.03. The van der Waals surface area contributed by atoms with Crippen molar-refractivity contribution in [2.24, 2.45) is 0 Å². The second-order valence-corrected chi connectivity index (χ2v) is 6.34. The number of nitrogens with one attached hydrogen (secondary N) is 1. The van der Waals surface area contributed by atoms with E-state index in [4.69, 9.17) is 4.74 Å². The molecule has 1 aromatic rings. The van der Waals surface area contributed by atoms with E-state index in [1.54, 1.807) is 0 Å². The minimum Gasteiger partial charge on any atom is -0.392 e. The van der Waals surface area contributed by atoms with Crippen LogP contribution in [0.4, 0.5) is 0 Å². The van der Waals surface area contributed by atoms with Crippen molar-refractivity contribution in [3.05, 3.63) is 35.9 Å². The third kappa shape index (κ3) is 3.83. The molecule has 2 heterocycles. The van der Waals surface area contributed by atoms with E-state index in [1.165, 1.54) is 5.56 Å². The zero-order valence-corrected chi connectivity index (χ0v) is 12.7. The van der Waals surface area contributed by atoms with Gasteiger partial charge >= 0.3 is 0 Å². The zero-order chi connectivity index (χ0) is 14.7. The van der Waals surface area contributed by atoms with Gasteiger partial charge in [-0.25, -0.2) is 0 Å². The van der Waals surface area contributed by atoms with Crippen LogP contribution >= 0.6 is 0 Å². The first kappa shape index (κ1) is 15.0. The number of ether oxygens (including phenoxy) is 1. The van der Waals surface area contributed by atoms with E-state index in [1.807, 2.05) is 6.07 Å². The van der Waals surface area contributed by atoms with E-state index in [0.717, 1.165) is 39.1 Å². The second kappa shape index (κ2) is 6.88. The predicted molar refractivity (Wildman–Crippen MR) is 83.1 cm³/mol. The molecular formula is C17H26N2O2. The molecule has 1 aromatic carbocycles. The average Bonchev–Trinajstić information content (AvgIpc) is 3.04. The molecule has 4 atom stereocenters. The maximum Gasteiger partial charge on any atom is 0.0700 e. The Morgan fingerprint density at radius 1 is 1.33 bits per heavy atom. The molecule has 2 saturated heterocycles. The van der Waals surface area contributed by atoms with E-state index in [-0.39, 0.29) is 6.10 Å². The summed E-state index contributed by atoms with van der Waals surface area (Å²) in [6.45, 7) is 5.62. The molecule has 21 heavy (non-hydrogen) atoms. The average molecular weight is 290 g/mol. The number of likely N-dealkylation sites (tertiary alicyclic amines) is 1. The van der Waals surface area contributed by atoms with Gasteiger partial charge < -0.3 is 15.2 Å². The van der Waals surface area contributed by atoms with Crippen LogP contribution in [0.25, 0.3) is 0 Å². The highest BCUT2D eigenvalue weighted by molar-refractivity contribution is 5.15. The Hall–Kier alpha value is -0.940. The number of benzene rings is 1. The van der Waals surface area contributed by atoms with Gasteiger partial charge in [0.2, 0.25) is 0 Å². The van der Waals surface area contributed by atoms with Crippen molar-refractivity contribution in [3.8, 4) is 0 Å². The maximum absolute atomic E-state index is 10.00. The summed E-state index contributed by atoms with van der Waals surface area (Å²) in [7, 11) is 0. The fourth-order valence-electron chi connectivity index (χ4n) is 3.47. The molecule has 0 radical (unpaired) electrons. The summed E-state index contributed by atoms with van der Waals surface area (Å²) in [5.74, 6) is 0. The van der Waals surface area contributed by atoms with Gasteiger partial charge in [-0.15, -0.1) is 0 Å². The minimum absolute atomic E-state index is 0.197. The molecule has 0 bridgehead atoms. The first-order chi connectivity index (χ1) is 10.2. The monoisotopic (exact) mass is 290 g/mol. The van der Waals surface area contributed by atoms with Crippen molar-refractivity contribution >= 4 is 0 Å². The summed E-state index contributed by atoms with van der Waals surface area (Å²) >= 11 is 0. The first-order valence-electron chi connectivity index (χ1n) is 8.03. The summed E-state index contributed by atoms with van der Waals surface area (Å²) in [4.78, 5) is 2.40. The standard InChI is InChI=1S/C17H26N2O2/c1-13-17(7-8-21-13)18-10-15-9-16(20)12-19(15)11-14-5-3-2-4-6-14/h2-6,13,15-18,20H,7-12H2,1H3/t13-,15-,16-,17-/m0/s1. The van der Waals surface area contributed by atoms with Crippen LogP contribution in [0, 0.1) is 0 Å². The summed E-state index contributed by atoms with van der Waals surface area (Å²) in [5, 5.41) is 13.6. The van der Waals surface area contributed by atoms with E-state index in [0.29, 0.717) is 18.2 Å². The highest BCUT2D eigenvalue weighted by atomic mass is 16.5. The van der Waals surface area contributed by atoms with Crippen LogP contribution in [0.5, 0.6) is 0 Å². The quantitative estimate of drug-likeness (QED) is 0.860. The van der Waals surface area contributed by atoms with Crippen LogP contribution in [0.2, 0.25) is 0 Å². The molecule has 116 valence electrons. The van der Waals surface area contributed by atoms with Crippen molar-refractivity contribution in [2.75, 3.05) is 19.7 Å². The van der Waals surface area contributed by atoms with E-state index in [9.17, 15) is 5.11 Å². The minimum atomic E-state index is -0.197. The zero-order valence-electron chi connectivity index (χ0n) is 12.7. The van der Waals surface area contributed by atoms with Gasteiger partial charge in [0.25, 0.3) is 0 Å². The van der Waals surface area contributed by atoms with Crippen molar-refractivity contribution in [1.29, 1.82) is 0 Å². The number of hydrogen-bond donors (Lipinski definition) is 2. The van der Waals surface area contributed by atoms with Crippen LogP contribution in [0.3, 0.4) is 0 Å². The normalized spacial score (nSPS) is 33.6. The van der Waals surface area contributed by atoms with Gasteiger partial charge in [-0.1, -0.05) is 30.3 Å². The molecule has 3 rings (SSSR count). The Bertz CT molecular complexity index is 440. The van der Waals surface area contributed by atoms with Gasteiger partial charge in [0, 0.05) is 38.3 Å². The third-order valence-corrected chi connectivity index (χ3v) is 4.73. The van der Waals surface area contributed by atoms with Gasteiger partial charge in [-0.2, -0.15) is 0 Å². The molecule has 0 aromatic heterocycles. The van der Waals surface area contributed by atoms with Crippen LogP contribution in [0.15, 0.2) is 30.3 Å². The van der Waals surface area contributed by atoms with Crippen molar-refractivity contribution < 1.29 is 9.84 Å². The molecule has 0 saturated carbocycles. The Labute approximate surface area is 127 Å². The molecule has 0 unspecified atom stereocenters. The third-order valence-electron chi connectivity index (χ3n) is 4.73. The lowest BCUT2D eigenvalue weighted by atomic mass is 10.1. The molecule has 2 fully saturated rings. The van der Waals surface area contributed by atoms with Gasteiger partial charge in [-0.3, -0.25) is 4.90 Å². The Morgan fingerprint density at radius 3 is 2.86 bits per heavy atom.